The summed E-state index contributed by atoms with van der Waals surface area (Å²) < 4.78 is 13.4. The molecule has 0 saturated carbocycles. The maximum absolute atomic E-state index is 13.4. The first-order chi connectivity index (χ1) is 10.8. The third-order valence-electron chi connectivity index (χ3n) is 2.94. The van der Waals surface area contributed by atoms with Crippen LogP contribution in [0.5, 0.6) is 0 Å². The molecule has 0 atom stereocenters. The Morgan fingerprint density at radius 3 is 2.55 bits per heavy atom. The zero-order valence-electron chi connectivity index (χ0n) is 11.4. The van der Waals surface area contributed by atoms with E-state index in [4.69, 9.17) is 5.26 Å². The van der Waals surface area contributed by atoms with Crippen LogP contribution in [-0.2, 0) is 0 Å². The van der Waals surface area contributed by atoms with Gasteiger partial charge in [0.25, 0.3) is 0 Å². The summed E-state index contributed by atoms with van der Waals surface area (Å²) in [4.78, 5) is 12.7. The summed E-state index contributed by atoms with van der Waals surface area (Å²) in [5, 5.41) is 11.2. The molecule has 0 radical (unpaired) electrons. The molecule has 22 heavy (non-hydrogen) atoms. The van der Waals surface area contributed by atoms with Gasteiger partial charge in [-0.05, 0) is 30.3 Å². The number of anilines is 1. The number of rotatable bonds is 3. The highest BCUT2D eigenvalue weighted by Crippen LogP contribution is 2.24. The predicted molar refractivity (Wildman–Crippen MR) is 79.9 cm³/mol. The van der Waals surface area contributed by atoms with E-state index in [0.29, 0.717) is 22.6 Å². The summed E-state index contributed by atoms with van der Waals surface area (Å²) in [5.74, 6) is -0.213. The monoisotopic (exact) mass is 291 g/mol. The van der Waals surface area contributed by atoms with E-state index in [-0.39, 0.29) is 11.8 Å². The van der Waals surface area contributed by atoms with Gasteiger partial charge >= 0.3 is 0 Å². The number of nitrogens with one attached hydrogen (secondary N) is 1. The van der Waals surface area contributed by atoms with Crippen molar-refractivity contribution >= 4 is 5.95 Å². The molecule has 0 aliphatic rings. The SMILES string of the molecule is N#CNc1nc(-c2cccc(F)c2)cc(-c2ccccn2)n1. The highest BCUT2D eigenvalue weighted by Gasteiger charge is 2.09. The van der Waals surface area contributed by atoms with Crippen molar-refractivity contribution in [2.45, 2.75) is 0 Å². The van der Waals surface area contributed by atoms with Crippen LogP contribution in [0.3, 0.4) is 0 Å². The zero-order chi connectivity index (χ0) is 15.4. The van der Waals surface area contributed by atoms with Gasteiger partial charge in [0.15, 0.2) is 6.19 Å². The molecular weight excluding hydrogens is 281 g/mol. The van der Waals surface area contributed by atoms with E-state index in [1.807, 2.05) is 6.07 Å². The molecule has 0 fully saturated rings. The summed E-state index contributed by atoms with van der Waals surface area (Å²) in [5.41, 5.74) is 2.30. The second-order valence-corrected chi connectivity index (χ2v) is 4.42. The summed E-state index contributed by atoms with van der Waals surface area (Å²) in [6.07, 6.45) is 3.43. The van der Waals surface area contributed by atoms with Crippen LogP contribution in [0.15, 0.2) is 54.7 Å². The Morgan fingerprint density at radius 1 is 0.955 bits per heavy atom. The van der Waals surface area contributed by atoms with Gasteiger partial charge in [-0.2, -0.15) is 5.26 Å². The average molecular weight is 291 g/mol. The Hall–Kier alpha value is -3.33. The molecule has 2 aromatic heterocycles. The molecule has 0 unspecified atom stereocenters. The summed E-state index contributed by atoms with van der Waals surface area (Å²) in [6.45, 7) is 0. The molecule has 0 spiro atoms. The number of nitrogens with zero attached hydrogens (tertiary/aromatic N) is 4. The molecule has 0 bridgehead atoms. The highest BCUT2D eigenvalue weighted by atomic mass is 19.1. The van der Waals surface area contributed by atoms with E-state index >= 15 is 0 Å². The van der Waals surface area contributed by atoms with Crippen LogP contribution in [0.2, 0.25) is 0 Å². The summed E-state index contributed by atoms with van der Waals surface area (Å²) in [6, 6.07) is 13.2. The van der Waals surface area contributed by atoms with Crippen molar-refractivity contribution in [3.05, 3.63) is 60.5 Å². The zero-order valence-corrected chi connectivity index (χ0v) is 11.4. The summed E-state index contributed by atoms with van der Waals surface area (Å²) >= 11 is 0. The summed E-state index contributed by atoms with van der Waals surface area (Å²) in [7, 11) is 0. The van der Waals surface area contributed by atoms with Gasteiger partial charge < -0.3 is 0 Å². The molecule has 5 nitrogen and oxygen atoms in total. The smallest absolute Gasteiger partial charge is 0.237 e. The Balaban J connectivity index is 2.14. The number of nitriles is 1. The Kier molecular flexibility index (Phi) is 3.70. The third kappa shape index (κ3) is 2.88. The molecule has 0 aliphatic heterocycles. The van der Waals surface area contributed by atoms with Gasteiger partial charge in [-0.3, -0.25) is 10.3 Å². The first-order valence-electron chi connectivity index (χ1n) is 6.48. The predicted octanol–water partition coefficient (Wildman–Crippen LogP) is 3.24. The van der Waals surface area contributed by atoms with E-state index in [0.717, 1.165) is 0 Å². The van der Waals surface area contributed by atoms with Gasteiger partial charge in [-0.1, -0.05) is 18.2 Å². The maximum atomic E-state index is 13.4. The minimum atomic E-state index is -0.356. The molecule has 0 aliphatic carbocycles. The number of hydrogen-bond donors (Lipinski definition) is 1. The first-order valence-corrected chi connectivity index (χ1v) is 6.48. The molecule has 1 aromatic carbocycles. The second kappa shape index (κ2) is 5.97. The van der Waals surface area contributed by atoms with Crippen molar-refractivity contribution < 1.29 is 4.39 Å². The van der Waals surface area contributed by atoms with Crippen LogP contribution in [0, 0.1) is 17.3 Å². The quantitative estimate of drug-likeness (QED) is 0.592. The lowest BCUT2D eigenvalue weighted by Gasteiger charge is -2.07. The number of hydrogen-bond acceptors (Lipinski definition) is 5. The molecule has 3 aromatic rings. The minimum Gasteiger partial charge on any atom is -0.261 e. The standard InChI is InChI=1S/C16H10FN5/c17-12-5-3-4-11(8-12)14-9-15(13-6-1-2-7-19-13)22-16(21-14)20-10-18/h1-9H,(H,20,21,22). The van der Waals surface area contributed by atoms with E-state index in [9.17, 15) is 4.39 Å². The van der Waals surface area contributed by atoms with Gasteiger partial charge in [-0.25, -0.2) is 14.4 Å². The van der Waals surface area contributed by atoms with Crippen LogP contribution in [0.4, 0.5) is 10.3 Å². The van der Waals surface area contributed by atoms with Crippen molar-refractivity contribution in [1.29, 1.82) is 5.26 Å². The van der Waals surface area contributed by atoms with E-state index < -0.39 is 0 Å². The Bertz CT molecular complexity index is 843. The number of benzene rings is 1. The fraction of sp³-hybridized carbons (Fsp3) is 0. The number of pyridine rings is 1. The molecule has 0 saturated heterocycles. The molecule has 3 rings (SSSR count). The second-order valence-electron chi connectivity index (χ2n) is 4.42. The molecule has 6 heteroatoms. The first kappa shape index (κ1) is 13.6. The Labute approximate surface area is 126 Å². The molecule has 106 valence electrons. The third-order valence-corrected chi connectivity index (χ3v) is 2.94. The molecule has 2 heterocycles. The molecular formula is C16H10FN5. The number of halogens is 1. The lowest BCUT2D eigenvalue weighted by atomic mass is 10.1. The van der Waals surface area contributed by atoms with Gasteiger partial charge in [0.1, 0.15) is 5.82 Å². The topological polar surface area (TPSA) is 74.5 Å². The lowest BCUT2D eigenvalue weighted by molar-refractivity contribution is 0.628. The van der Waals surface area contributed by atoms with Gasteiger partial charge in [0, 0.05) is 11.8 Å². The van der Waals surface area contributed by atoms with Crippen molar-refractivity contribution in [2.75, 3.05) is 5.32 Å². The van der Waals surface area contributed by atoms with E-state index in [2.05, 4.69) is 20.3 Å². The van der Waals surface area contributed by atoms with Gasteiger partial charge in [0.2, 0.25) is 5.95 Å². The molecule has 1 N–H and O–H groups in total. The maximum Gasteiger partial charge on any atom is 0.237 e. The molecule has 0 amide bonds. The van der Waals surface area contributed by atoms with Crippen LogP contribution in [0.25, 0.3) is 22.6 Å². The van der Waals surface area contributed by atoms with E-state index in [1.54, 1.807) is 42.7 Å². The van der Waals surface area contributed by atoms with Crippen molar-refractivity contribution in [3.63, 3.8) is 0 Å². The lowest BCUT2D eigenvalue weighted by Crippen LogP contribution is -2.00. The van der Waals surface area contributed by atoms with Crippen molar-refractivity contribution in [3.8, 4) is 28.8 Å². The van der Waals surface area contributed by atoms with Crippen LogP contribution >= 0.6 is 0 Å². The van der Waals surface area contributed by atoms with E-state index in [1.165, 1.54) is 12.1 Å². The van der Waals surface area contributed by atoms with Crippen molar-refractivity contribution in [2.24, 2.45) is 0 Å². The average Bonchev–Trinajstić information content (AvgIpc) is 2.56. The minimum absolute atomic E-state index is 0.143. The van der Waals surface area contributed by atoms with Crippen LogP contribution in [-0.4, -0.2) is 15.0 Å². The van der Waals surface area contributed by atoms with Crippen LogP contribution < -0.4 is 5.32 Å². The fourth-order valence-electron chi connectivity index (χ4n) is 1.99. The number of aromatic nitrogens is 3. The Morgan fingerprint density at radius 2 is 1.82 bits per heavy atom. The normalized spacial score (nSPS) is 10.0. The van der Waals surface area contributed by atoms with Crippen LogP contribution in [0.1, 0.15) is 0 Å². The largest absolute Gasteiger partial charge is 0.261 e. The fourth-order valence-corrected chi connectivity index (χ4v) is 1.99. The highest BCUT2D eigenvalue weighted by molar-refractivity contribution is 5.67. The van der Waals surface area contributed by atoms with Crippen molar-refractivity contribution in [1.82, 2.24) is 15.0 Å². The van der Waals surface area contributed by atoms with Gasteiger partial charge in [0.05, 0.1) is 17.1 Å². The van der Waals surface area contributed by atoms with Gasteiger partial charge in [-0.15, -0.1) is 0 Å².